The number of benzene rings is 1. The van der Waals surface area contributed by atoms with Gasteiger partial charge >= 0.3 is 0 Å². The van der Waals surface area contributed by atoms with Crippen molar-refractivity contribution in [3.8, 4) is 0 Å². The van der Waals surface area contributed by atoms with Gasteiger partial charge in [0.25, 0.3) is 5.91 Å². The number of thiazole rings is 1. The number of para-hydroxylation sites is 1. The van der Waals surface area contributed by atoms with Gasteiger partial charge in [-0.05, 0) is 44.0 Å². The van der Waals surface area contributed by atoms with Crippen molar-refractivity contribution < 1.29 is 4.79 Å². The lowest BCUT2D eigenvalue weighted by molar-refractivity contribution is 0.100. The molecule has 31 heavy (non-hydrogen) atoms. The SMILES string of the molecule is CN1CCC2CN(c3ncc4c(=O)c(C(N)=O)c5sc6ccccc6n5c4n3)CC2C1. The van der Waals surface area contributed by atoms with E-state index in [1.165, 1.54) is 17.8 Å². The summed E-state index contributed by atoms with van der Waals surface area (Å²) in [6.07, 6.45) is 2.74. The van der Waals surface area contributed by atoms with Gasteiger partial charge in [-0.1, -0.05) is 12.1 Å². The van der Waals surface area contributed by atoms with Gasteiger partial charge in [0.05, 0.1) is 15.6 Å². The average molecular weight is 435 g/mol. The van der Waals surface area contributed by atoms with Gasteiger partial charge in [0.15, 0.2) is 5.65 Å². The van der Waals surface area contributed by atoms with E-state index >= 15 is 0 Å². The predicted octanol–water partition coefficient (Wildman–Crippen LogP) is 1.94. The highest BCUT2D eigenvalue weighted by Crippen LogP contribution is 2.34. The van der Waals surface area contributed by atoms with E-state index in [0.29, 0.717) is 33.6 Å². The fourth-order valence-corrected chi connectivity index (χ4v) is 6.36. The van der Waals surface area contributed by atoms with Crippen LogP contribution in [0.3, 0.4) is 0 Å². The zero-order valence-corrected chi connectivity index (χ0v) is 17.9. The molecule has 0 saturated carbocycles. The van der Waals surface area contributed by atoms with Gasteiger partial charge in [-0.25, -0.2) is 4.98 Å². The summed E-state index contributed by atoms with van der Waals surface area (Å²) in [6, 6.07) is 7.81. The number of anilines is 1. The molecule has 2 saturated heterocycles. The third-order valence-electron chi connectivity index (χ3n) is 6.70. The number of aromatic nitrogens is 3. The van der Waals surface area contributed by atoms with Crippen molar-refractivity contribution in [2.24, 2.45) is 17.6 Å². The number of amides is 1. The van der Waals surface area contributed by atoms with E-state index < -0.39 is 11.3 Å². The number of likely N-dealkylation sites (tertiary alicyclic amines) is 1. The number of carbonyl (C=O) groups excluding carboxylic acids is 1. The van der Waals surface area contributed by atoms with Crippen molar-refractivity contribution in [3.05, 3.63) is 46.2 Å². The second kappa shape index (κ2) is 6.73. The molecule has 1 amide bonds. The van der Waals surface area contributed by atoms with Crippen molar-refractivity contribution in [3.63, 3.8) is 0 Å². The van der Waals surface area contributed by atoms with Gasteiger partial charge in [0.1, 0.15) is 10.4 Å². The number of nitrogens with two attached hydrogens (primary N) is 1. The maximum Gasteiger partial charge on any atom is 0.255 e. The van der Waals surface area contributed by atoms with Crippen LogP contribution in [0.5, 0.6) is 0 Å². The Kier molecular flexibility index (Phi) is 4.06. The van der Waals surface area contributed by atoms with Gasteiger partial charge in [0.2, 0.25) is 11.4 Å². The fourth-order valence-electron chi connectivity index (χ4n) is 5.17. The minimum atomic E-state index is -0.729. The molecule has 2 aliphatic heterocycles. The molecule has 0 spiro atoms. The lowest BCUT2D eigenvalue weighted by atomic mass is 9.89. The number of pyridine rings is 1. The van der Waals surface area contributed by atoms with E-state index in [1.807, 2.05) is 28.7 Å². The van der Waals surface area contributed by atoms with Crippen LogP contribution in [0.2, 0.25) is 0 Å². The minimum Gasteiger partial charge on any atom is -0.365 e. The first-order valence-electron chi connectivity index (χ1n) is 10.5. The summed E-state index contributed by atoms with van der Waals surface area (Å²) in [5, 5.41) is 0.315. The number of hydrogen-bond donors (Lipinski definition) is 1. The lowest BCUT2D eigenvalue weighted by Gasteiger charge is -2.31. The zero-order chi connectivity index (χ0) is 21.3. The summed E-state index contributed by atoms with van der Waals surface area (Å²) in [7, 11) is 2.17. The Morgan fingerprint density at radius 1 is 1.19 bits per heavy atom. The summed E-state index contributed by atoms with van der Waals surface area (Å²) in [6.45, 7) is 4.07. The zero-order valence-electron chi connectivity index (χ0n) is 17.1. The molecule has 158 valence electrons. The normalized spacial score (nSPS) is 21.9. The number of piperidine rings is 1. The Bertz CT molecular complexity index is 1430. The number of rotatable bonds is 2. The van der Waals surface area contributed by atoms with Gasteiger partial charge < -0.3 is 15.5 Å². The van der Waals surface area contributed by atoms with Crippen LogP contribution in [0, 0.1) is 11.8 Å². The molecule has 2 atom stereocenters. The Labute approximate surface area is 181 Å². The summed E-state index contributed by atoms with van der Waals surface area (Å²) >= 11 is 1.38. The molecule has 6 rings (SSSR count). The van der Waals surface area contributed by atoms with Crippen molar-refractivity contribution >= 4 is 49.3 Å². The monoisotopic (exact) mass is 434 g/mol. The predicted molar refractivity (Wildman–Crippen MR) is 122 cm³/mol. The molecule has 5 heterocycles. The van der Waals surface area contributed by atoms with Crippen LogP contribution in [0.1, 0.15) is 16.8 Å². The molecule has 9 heteroatoms. The topological polar surface area (TPSA) is 96.8 Å². The molecule has 0 bridgehead atoms. The van der Waals surface area contributed by atoms with E-state index in [4.69, 9.17) is 10.7 Å². The Morgan fingerprint density at radius 2 is 2.00 bits per heavy atom. The fraction of sp³-hybridized carbons (Fsp3) is 0.364. The smallest absolute Gasteiger partial charge is 0.255 e. The van der Waals surface area contributed by atoms with Crippen molar-refractivity contribution in [1.29, 1.82) is 0 Å². The minimum absolute atomic E-state index is 0.000259. The third kappa shape index (κ3) is 2.76. The number of primary amides is 1. The third-order valence-corrected chi connectivity index (χ3v) is 7.85. The van der Waals surface area contributed by atoms with Crippen LogP contribution in [0.4, 0.5) is 5.95 Å². The number of fused-ring (bicyclic) bond motifs is 6. The van der Waals surface area contributed by atoms with E-state index in [2.05, 4.69) is 21.8 Å². The van der Waals surface area contributed by atoms with Crippen LogP contribution >= 0.6 is 11.3 Å². The van der Waals surface area contributed by atoms with Crippen LogP contribution in [-0.2, 0) is 0 Å². The molecule has 2 fully saturated rings. The quantitative estimate of drug-likeness (QED) is 0.518. The maximum absolute atomic E-state index is 13.1. The van der Waals surface area contributed by atoms with Gasteiger partial charge in [-0.2, -0.15) is 4.98 Å². The van der Waals surface area contributed by atoms with E-state index in [9.17, 15) is 9.59 Å². The lowest BCUT2D eigenvalue weighted by Crippen LogP contribution is -2.37. The van der Waals surface area contributed by atoms with Crippen molar-refractivity contribution in [1.82, 2.24) is 19.3 Å². The van der Waals surface area contributed by atoms with Gasteiger partial charge in [-0.3, -0.25) is 14.0 Å². The summed E-state index contributed by atoms with van der Waals surface area (Å²) in [4.78, 5) is 39.9. The number of nitrogens with zero attached hydrogens (tertiary/aromatic N) is 5. The Morgan fingerprint density at radius 3 is 2.84 bits per heavy atom. The molecule has 0 aliphatic carbocycles. The van der Waals surface area contributed by atoms with Crippen molar-refractivity contribution in [2.45, 2.75) is 6.42 Å². The molecule has 4 aromatic rings. The van der Waals surface area contributed by atoms with Gasteiger partial charge in [0, 0.05) is 25.8 Å². The molecule has 2 aliphatic rings. The summed E-state index contributed by atoms with van der Waals surface area (Å²) in [5.41, 5.74) is 6.62. The van der Waals surface area contributed by atoms with E-state index in [-0.39, 0.29) is 5.56 Å². The second-order valence-electron chi connectivity index (χ2n) is 8.66. The maximum atomic E-state index is 13.1. The molecular weight excluding hydrogens is 412 g/mol. The summed E-state index contributed by atoms with van der Waals surface area (Å²) in [5.74, 6) is 1.17. The van der Waals surface area contributed by atoms with Crippen LogP contribution < -0.4 is 16.1 Å². The van der Waals surface area contributed by atoms with Crippen molar-refractivity contribution in [2.75, 3.05) is 38.1 Å². The molecule has 3 aromatic heterocycles. The molecule has 1 aromatic carbocycles. The average Bonchev–Trinajstić information content (AvgIpc) is 3.34. The Balaban J connectivity index is 1.58. The second-order valence-corrected chi connectivity index (χ2v) is 9.69. The highest BCUT2D eigenvalue weighted by molar-refractivity contribution is 7.24. The first-order valence-corrected chi connectivity index (χ1v) is 11.3. The molecule has 2 unspecified atom stereocenters. The molecule has 0 radical (unpaired) electrons. The van der Waals surface area contributed by atoms with E-state index in [0.717, 1.165) is 36.4 Å². The molecule has 2 N–H and O–H groups in total. The van der Waals surface area contributed by atoms with Crippen LogP contribution in [0.15, 0.2) is 35.3 Å². The van der Waals surface area contributed by atoms with Crippen LogP contribution in [0.25, 0.3) is 26.1 Å². The largest absolute Gasteiger partial charge is 0.365 e. The number of hydrogen-bond acceptors (Lipinski definition) is 7. The van der Waals surface area contributed by atoms with Crippen LogP contribution in [-0.4, -0.2) is 58.4 Å². The highest BCUT2D eigenvalue weighted by Gasteiger charge is 2.37. The summed E-state index contributed by atoms with van der Waals surface area (Å²) < 4.78 is 2.85. The first-order chi connectivity index (χ1) is 15.0. The highest BCUT2D eigenvalue weighted by atomic mass is 32.1. The molecule has 8 nitrogen and oxygen atoms in total. The molecular formula is C22H22N6O2S. The van der Waals surface area contributed by atoms with E-state index in [1.54, 1.807) is 6.20 Å². The number of carbonyl (C=O) groups is 1. The first kappa shape index (κ1) is 18.7. The Hall–Kier alpha value is -3.04. The van der Waals surface area contributed by atoms with Gasteiger partial charge in [-0.15, -0.1) is 11.3 Å². The standard InChI is InChI=1S/C22H22N6O2S/c1-26-7-6-12-10-27(11-13(12)9-26)22-24-8-14-18(29)17(19(23)30)21-28(20(14)25-22)15-4-2-3-5-16(15)31-21/h2-5,8,12-13H,6-7,9-11H2,1H3,(H2,23,30).